The zero-order valence-electron chi connectivity index (χ0n) is 19.7. The monoisotopic (exact) mass is 429 g/mol. The smallest absolute Gasteiger partial charge is 0.251 e. The number of nitrogens with zero attached hydrogens (tertiary/aromatic N) is 2. The Balaban J connectivity index is 1.32. The molecule has 4 rings (SSSR count). The first-order valence-electron chi connectivity index (χ1n) is 12.0. The highest BCUT2D eigenvalue weighted by Gasteiger charge is 2.17. The van der Waals surface area contributed by atoms with Crippen LogP contribution in [0.2, 0.25) is 0 Å². The number of carbonyl (C=O) groups is 1. The van der Waals surface area contributed by atoms with Gasteiger partial charge < -0.3 is 14.8 Å². The predicted molar refractivity (Wildman–Crippen MR) is 133 cm³/mol. The molecule has 1 aliphatic carbocycles. The van der Waals surface area contributed by atoms with Crippen molar-refractivity contribution in [2.45, 2.75) is 52.9 Å². The summed E-state index contributed by atoms with van der Waals surface area (Å²) in [6.07, 6.45) is 5.79. The molecule has 32 heavy (non-hydrogen) atoms. The second-order valence-corrected chi connectivity index (χ2v) is 8.88. The molecule has 0 fully saturated rings. The first-order chi connectivity index (χ1) is 15.6. The SMILES string of the molecule is CCN(CCCNC(=O)c1ccc(-n2c(C)cc3c2CCCC3)cc1)c1cccc(C)c1. The van der Waals surface area contributed by atoms with Crippen molar-refractivity contribution in [2.24, 2.45) is 0 Å². The number of rotatable bonds is 8. The molecule has 0 radical (unpaired) electrons. The van der Waals surface area contributed by atoms with Gasteiger partial charge in [0.25, 0.3) is 5.91 Å². The highest BCUT2D eigenvalue weighted by Crippen LogP contribution is 2.28. The molecule has 1 N–H and O–H groups in total. The molecule has 0 saturated carbocycles. The van der Waals surface area contributed by atoms with Crippen LogP contribution in [0.4, 0.5) is 5.69 Å². The Morgan fingerprint density at radius 3 is 2.56 bits per heavy atom. The van der Waals surface area contributed by atoms with E-state index in [1.54, 1.807) is 0 Å². The molecular formula is C28H35N3O. The van der Waals surface area contributed by atoms with Crippen molar-refractivity contribution in [3.63, 3.8) is 0 Å². The molecule has 4 nitrogen and oxygen atoms in total. The Kier molecular flexibility index (Phi) is 6.99. The van der Waals surface area contributed by atoms with Gasteiger partial charge in [-0.25, -0.2) is 0 Å². The maximum absolute atomic E-state index is 12.6. The summed E-state index contributed by atoms with van der Waals surface area (Å²) in [6, 6.07) is 19.0. The zero-order valence-corrected chi connectivity index (χ0v) is 19.7. The van der Waals surface area contributed by atoms with Crippen LogP contribution in [0.3, 0.4) is 0 Å². The summed E-state index contributed by atoms with van der Waals surface area (Å²) >= 11 is 0. The maximum Gasteiger partial charge on any atom is 0.251 e. The summed E-state index contributed by atoms with van der Waals surface area (Å²) in [5.74, 6) is 0.00131. The van der Waals surface area contributed by atoms with Gasteiger partial charge in [0.05, 0.1) is 0 Å². The molecule has 1 aromatic heterocycles. The number of benzene rings is 2. The van der Waals surface area contributed by atoms with Gasteiger partial charge in [0.1, 0.15) is 0 Å². The van der Waals surface area contributed by atoms with Crippen LogP contribution in [0.1, 0.15) is 59.1 Å². The van der Waals surface area contributed by atoms with Crippen molar-refractivity contribution in [3.8, 4) is 5.69 Å². The van der Waals surface area contributed by atoms with E-state index in [0.29, 0.717) is 6.54 Å². The lowest BCUT2D eigenvalue weighted by molar-refractivity contribution is 0.0953. The number of aromatic nitrogens is 1. The van der Waals surface area contributed by atoms with Gasteiger partial charge in [-0.1, -0.05) is 12.1 Å². The van der Waals surface area contributed by atoms with Crippen molar-refractivity contribution in [2.75, 3.05) is 24.5 Å². The molecule has 168 valence electrons. The van der Waals surface area contributed by atoms with Gasteiger partial charge in [-0.15, -0.1) is 0 Å². The first kappa shape index (κ1) is 22.2. The fourth-order valence-corrected chi connectivity index (χ4v) is 4.84. The van der Waals surface area contributed by atoms with Crippen molar-refractivity contribution in [1.29, 1.82) is 0 Å². The van der Waals surface area contributed by atoms with Crippen LogP contribution in [0.5, 0.6) is 0 Å². The molecule has 4 heteroatoms. The number of hydrogen-bond acceptors (Lipinski definition) is 2. The number of anilines is 1. The number of fused-ring (bicyclic) bond motifs is 1. The molecule has 0 atom stereocenters. The molecule has 1 amide bonds. The summed E-state index contributed by atoms with van der Waals surface area (Å²) in [5, 5.41) is 3.08. The summed E-state index contributed by atoms with van der Waals surface area (Å²) < 4.78 is 2.36. The topological polar surface area (TPSA) is 37.3 Å². The van der Waals surface area contributed by atoms with Gasteiger partial charge in [0.15, 0.2) is 0 Å². The van der Waals surface area contributed by atoms with Gasteiger partial charge in [0.2, 0.25) is 0 Å². The normalized spacial score (nSPS) is 13.0. The van der Waals surface area contributed by atoms with Crippen molar-refractivity contribution in [3.05, 3.63) is 82.7 Å². The minimum Gasteiger partial charge on any atom is -0.372 e. The van der Waals surface area contributed by atoms with E-state index in [-0.39, 0.29) is 5.91 Å². The minimum absolute atomic E-state index is 0.00131. The largest absolute Gasteiger partial charge is 0.372 e. The molecule has 0 aliphatic heterocycles. The summed E-state index contributed by atoms with van der Waals surface area (Å²) in [5.41, 5.74) is 8.60. The Morgan fingerprint density at radius 1 is 1.03 bits per heavy atom. The highest BCUT2D eigenvalue weighted by molar-refractivity contribution is 5.94. The number of hydrogen-bond donors (Lipinski definition) is 1. The Bertz CT molecular complexity index is 1060. The Morgan fingerprint density at radius 2 is 1.81 bits per heavy atom. The first-order valence-corrected chi connectivity index (χ1v) is 12.0. The fraction of sp³-hybridized carbons (Fsp3) is 0.393. The maximum atomic E-state index is 12.6. The van der Waals surface area contributed by atoms with Gasteiger partial charge >= 0.3 is 0 Å². The second-order valence-electron chi connectivity index (χ2n) is 8.88. The van der Waals surface area contributed by atoms with E-state index in [1.807, 2.05) is 12.1 Å². The van der Waals surface area contributed by atoms with E-state index >= 15 is 0 Å². The zero-order chi connectivity index (χ0) is 22.5. The number of nitrogens with one attached hydrogen (secondary N) is 1. The highest BCUT2D eigenvalue weighted by atomic mass is 16.1. The third-order valence-electron chi connectivity index (χ3n) is 6.51. The van der Waals surface area contributed by atoms with Crippen LogP contribution < -0.4 is 10.2 Å². The van der Waals surface area contributed by atoms with Crippen LogP contribution in [0.15, 0.2) is 54.6 Å². The number of amides is 1. The van der Waals surface area contributed by atoms with Gasteiger partial charge in [-0.2, -0.15) is 0 Å². The molecule has 3 aromatic rings. The van der Waals surface area contributed by atoms with E-state index in [9.17, 15) is 4.79 Å². The summed E-state index contributed by atoms with van der Waals surface area (Å²) in [6.45, 7) is 9.03. The van der Waals surface area contributed by atoms with Crippen LogP contribution in [0, 0.1) is 13.8 Å². The molecule has 1 aliphatic rings. The summed E-state index contributed by atoms with van der Waals surface area (Å²) in [7, 11) is 0. The van der Waals surface area contributed by atoms with Crippen LogP contribution in [-0.4, -0.2) is 30.1 Å². The van der Waals surface area contributed by atoms with E-state index in [4.69, 9.17) is 0 Å². The van der Waals surface area contributed by atoms with E-state index in [0.717, 1.165) is 37.2 Å². The van der Waals surface area contributed by atoms with E-state index in [2.05, 4.69) is 78.0 Å². The Labute approximate surface area is 192 Å². The van der Waals surface area contributed by atoms with Crippen molar-refractivity contribution < 1.29 is 4.79 Å². The lowest BCUT2D eigenvalue weighted by Gasteiger charge is -2.23. The lowest BCUT2D eigenvalue weighted by atomic mass is 9.98. The third-order valence-corrected chi connectivity index (χ3v) is 6.51. The van der Waals surface area contributed by atoms with Gasteiger partial charge in [-0.05, 0) is 106 Å². The van der Waals surface area contributed by atoms with Crippen LogP contribution >= 0.6 is 0 Å². The molecule has 0 bridgehead atoms. The van der Waals surface area contributed by atoms with Crippen molar-refractivity contribution in [1.82, 2.24) is 9.88 Å². The lowest BCUT2D eigenvalue weighted by Crippen LogP contribution is -2.30. The van der Waals surface area contributed by atoms with Gasteiger partial charge in [0, 0.05) is 48.0 Å². The van der Waals surface area contributed by atoms with E-state index in [1.165, 1.54) is 47.5 Å². The number of carbonyl (C=O) groups excluding carboxylic acids is 1. The second kappa shape index (κ2) is 10.1. The van der Waals surface area contributed by atoms with Crippen molar-refractivity contribution >= 4 is 11.6 Å². The fourth-order valence-electron chi connectivity index (χ4n) is 4.84. The molecular weight excluding hydrogens is 394 g/mol. The molecule has 1 heterocycles. The predicted octanol–water partition coefficient (Wildman–Crippen LogP) is 5.62. The average Bonchev–Trinajstić information content (AvgIpc) is 3.14. The minimum atomic E-state index is 0.00131. The standard InChI is InChI=1S/C28H35N3O/c1-4-30(26-11-7-9-21(2)19-26)18-8-17-29-28(32)23-13-15-25(16-14-23)31-22(3)20-24-10-5-6-12-27(24)31/h7,9,11,13-16,19-20H,4-6,8,10,12,17-18H2,1-3H3,(H,29,32). The molecule has 2 aromatic carbocycles. The molecule has 0 spiro atoms. The van der Waals surface area contributed by atoms with Crippen LogP contribution in [0.25, 0.3) is 5.69 Å². The van der Waals surface area contributed by atoms with Crippen LogP contribution in [-0.2, 0) is 12.8 Å². The summed E-state index contributed by atoms with van der Waals surface area (Å²) in [4.78, 5) is 15.0. The number of aryl methyl sites for hydroxylation is 3. The quantitative estimate of drug-likeness (QED) is 0.472. The molecule has 0 unspecified atom stereocenters. The van der Waals surface area contributed by atoms with Gasteiger partial charge in [-0.3, -0.25) is 4.79 Å². The van der Waals surface area contributed by atoms with E-state index < -0.39 is 0 Å². The average molecular weight is 430 g/mol. The Hall–Kier alpha value is -3.01. The third kappa shape index (κ3) is 4.90. The molecule has 0 saturated heterocycles.